The second-order valence-corrected chi connectivity index (χ2v) is 9.20. The van der Waals surface area contributed by atoms with Gasteiger partial charge in [-0.25, -0.2) is 8.78 Å². The van der Waals surface area contributed by atoms with Crippen molar-refractivity contribution in [2.75, 3.05) is 19.6 Å². The first kappa shape index (κ1) is 21.7. The van der Waals surface area contributed by atoms with Crippen LogP contribution in [-0.4, -0.2) is 71.4 Å². The van der Waals surface area contributed by atoms with Crippen LogP contribution in [0, 0.1) is 35.0 Å². The first-order chi connectivity index (χ1) is 14.8. The van der Waals surface area contributed by atoms with E-state index < -0.39 is 54.6 Å². The normalized spacial score (nSPS) is 35.8. The molecule has 0 bridgehead atoms. The monoisotopic (exact) mass is 436 g/mol. The number of nitrogens with one attached hydrogen (secondary N) is 1. The second kappa shape index (κ2) is 8.17. The number of aldehydes is 1. The van der Waals surface area contributed by atoms with Gasteiger partial charge in [0.15, 0.2) is 0 Å². The second-order valence-electron chi connectivity index (χ2n) is 9.20. The van der Waals surface area contributed by atoms with Gasteiger partial charge in [-0.1, -0.05) is 12.8 Å². The quantitative estimate of drug-likeness (QED) is 0.639. The molecule has 4 aliphatic rings. The van der Waals surface area contributed by atoms with E-state index in [-0.39, 0.29) is 30.7 Å². The molecule has 0 aromatic carbocycles. The summed E-state index contributed by atoms with van der Waals surface area (Å²) in [6, 6.07) is 0.620. The summed E-state index contributed by atoms with van der Waals surface area (Å²) in [7, 11) is 0. The third-order valence-corrected chi connectivity index (χ3v) is 7.23. The number of rotatable bonds is 5. The molecule has 0 radical (unpaired) electrons. The SMILES string of the molecule is N#CC1CC(C=O)CN1C(=O)[C@@H]1C2CCCCC2CN1C(=O)CNC(=O)C1CC1(F)F. The lowest BCUT2D eigenvalue weighted by Crippen LogP contribution is -2.53. The smallest absolute Gasteiger partial charge is 0.260 e. The highest BCUT2D eigenvalue weighted by atomic mass is 19.3. The average Bonchev–Trinajstić information content (AvgIpc) is 3.12. The highest BCUT2D eigenvalue weighted by Crippen LogP contribution is 2.48. The molecule has 1 N–H and O–H groups in total. The van der Waals surface area contributed by atoms with Crippen LogP contribution in [0.2, 0.25) is 0 Å². The number of fused-ring (bicyclic) bond motifs is 1. The van der Waals surface area contributed by atoms with Crippen molar-refractivity contribution in [1.82, 2.24) is 15.1 Å². The highest BCUT2D eigenvalue weighted by Gasteiger charge is 2.61. The maximum Gasteiger partial charge on any atom is 0.260 e. The number of hydrogen-bond acceptors (Lipinski definition) is 5. The van der Waals surface area contributed by atoms with Crippen molar-refractivity contribution in [2.45, 2.75) is 56.5 Å². The van der Waals surface area contributed by atoms with Crippen LogP contribution in [0.15, 0.2) is 0 Å². The molecular formula is C21H26F2N4O4. The fourth-order valence-corrected chi connectivity index (χ4v) is 5.44. The van der Waals surface area contributed by atoms with E-state index in [2.05, 4.69) is 11.4 Å². The largest absolute Gasteiger partial charge is 0.347 e. The molecule has 168 valence electrons. The van der Waals surface area contributed by atoms with Gasteiger partial charge in [-0.05, 0) is 31.1 Å². The van der Waals surface area contributed by atoms with Gasteiger partial charge in [-0.2, -0.15) is 5.26 Å². The predicted molar refractivity (Wildman–Crippen MR) is 102 cm³/mol. The molecule has 2 saturated heterocycles. The van der Waals surface area contributed by atoms with Crippen LogP contribution < -0.4 is 5.32 Å². The van der Waals surface area contributed by atoms with Gasteiger partial charge >= 0.3 is 0 Å². The van der Waals surface area contributed by atoms with E-state index in [0.717, 1.165) is 32.0 Å². The Morgan fingerprint density at radius 3 is 2.52 bits per heavy atom. The number of carbonyl (C=O) groups excluding carboxylic acids is 4. The van der Waals surface area contributed by atoms with E-state index in [9.17, 15) is 33.2 Å². The Morgan fingerprint density at radius 1 is 1.16 bits per heavy atom. The molecular weight excluding hydrogens is 410 g/mol. The van der Waals surface area contributed by atoms with Crippen molar-refractivity contribution in [3.8, 4) is 6.07 Å². The van der Waals surface area contributed by atoms with Crippen molar-refractivity contribution in [1.29, 1.82) is 5.26 Å². The van der Waals surface area contributed by atoms with Crippen LogP contribution >= 0.6 is 0 Å². The van der Waals surface area contributed by atoms with Gasteiger partial charge in [-0.15, -0.1) is 0 Å². The Labute approximate surface area is 178 Å². The van der Waals surface area contributed by atoms with Gasteiger partial charge in [0.2, 0.25) is 17.7 Å². The highest BCUT2D eigenvalue weighted by molar-refractivity contribution is 5.92. The number of alkyl halides is 2. The summed E-state index contributed by atoms with van der Waals surface area (Å²) in [5.41, 5.74) is 0. The number of nitriles is 1. The number of hydrogen-bond donors (Lipinski definition) is 1. The van der Waals surface area contributed by atoms with Crippen molar-refractivity contribution < 1.29 is 28.0 Å². The van der Waals surface area contributed by atoms with Crippen LogP contribution in [0.1, 0.15) is 38.5 Å². The Kier molecular flexibility index (Phi) is 5.71. The fourth-order valence-electron chi connectivity index (χ4n) is 5.44. The molecule has 10 heteroatoms. The zero-order chi connectivity index (χ0) is 22.3. The first-order valence-electron chi connectivity index (χ1n) is 10.9. The zero-order valence-corrected chi connectivity index (χ0v) is 17.1. The molecule has 0 aromatic heterocycles. The van der Waals surface area contributed by atoms with E-state index in [1.165, 1.54) is 9.80 Å². The number of amides is 3. The van der Waals surface area contributed by atoms with Crippen molar-refractivity contribution >= 4 is 24.0 Å². The Balaban J connectivity index is 1.48. The minimum Gasteiger partial charge on any atom is -0.347 e. The standard InChI is InChI=1S/C21H26F2N4O4/c22-21(23)6-16(21)19(30)25-8-17(29)27-10-13-3-1-2-4-15(13)18(27)20(31)26-9-12(11-28)5-14(26)7-24/h11-16,18H,1-6,8-10H2,(H,25,30)/t12?,13?,14?,15?,16?,18-/m0/s1. The number of nitrogens with zero attached hydrogens (tertiary/aromatic N) is 3. The molecule has 5 unspecified atom stereocenters. The maximum absolute atomic E-state index is 13.5. The lowest BCUT2D eigenvalue weighted by atomic mass is 9.78. The summed E-state index contributed by atoms with van der Waals surface area (Å²) in [6.07, 6.45) is 4.15. The van der Waals surface area contributed by atoms with E-state index >= 15 is 0 Å². The maximum atomic E-state index is 13.5. The van der Waals surface area contributed by atoms with Gasteiger partial charge in [0.1, 0.15) is 24.3 Å². The van der Waals surface area contributed by atoms with Crippen LogP contribution in [0.3, 0.4) is 0 Å². The van der Waals surface area contributed by atoms with Crippen molar-refractivity contribution in [3.05, 3.63) is 0 Å². The molecule has 2 aliphatic heterocycles. The Morgan fingerprint density at radius 2 is 1.87 bits per heavy atom. The summed E-state index contributed by atoms with van der Waals surface area (Å²) in [4.78, 5) is 52.3. The average molecular weight is 436 g/mol. The van der Waals surface area contributed by atoms with Crippen LogP contribution in [-0.2, 0) is 19.2 Å². The summed E-state index contributed by atoms with van der Waals surface area (Å²) >= 11 is 0. The number of halogens is 2. The minimum absolute atomic E-state index is 0.0386. The van der Waals surface area contributed by atoms with Crippen LogP contribution in [0.25, 0.3) is 0 Å². The molecule has 6 atom stereocenters. The zero-order valence-electron chi connectivity index (χ0n) is 17.1. The van der Waals surface area contributed by atoms with Crippen molar-refractivity contribution in [2.24, 2.45) is 23.7 Å². The molecule has 2 heterocycles. The van der Waals surface area contributed by atoms with Gasteiger partial charge in [0, 0.05) is 25.4 Å². The molecule has 3 amide bonds. The van der Waals surface area contributed by atoms with Gasteiger partial charge in [0.25, 0.3) is 5.92 Å². The number of likely N-dealkylation sites (tertiary alicyclic amines) is 2. The van der Waals surface area contributed by atoms with Gasteiger partial charge in [-0.3, -0.25) is 14.4 Å². The third kappa shape index (κ3) is 4.02. The fraction of sp³-hybridized carbons (Fsp3) is 0.762. The van der Waals surface area contributed by atoms with E-state index in [4.69, 9.17) is 0 Å². The van der Waals surface area contributed by atoms with Crippen LogP contribution in [0.5, 0.6) is 0 Å². The molecule has 31 heavy (non-hydrogen) atoms. The third-order valence-electron chi connectivity index (χ3n) is 7.23. The molecule has 2 saturated carbocycles. The lowest BCUT2D eigenvalue weighted by molar-refractivity contribution is -0.145. The summed E-state index contributed by atoms with van der Waals surface area (Å²) < 4.78 is 26.2. The summed E-state index contributed by atoms with van der Waals surface area (Å²) in [5, 5.41) is 11.7. The van der Waals surface area contributed by atoms with E-state index in [1.54, 1.807) is 0 Å². The van der Waals surface area contributed by atoms with Gasteiger partial charge in [0.05, 0.1) is 12.6 Å². The molecule has 2 aliphatic carbocycles. The van der Waals surface area contributed by atoms with E-state index in [0.29, 0.717) is 6.54 Å². The van der Waals surface area contributed by atoms with Gasteiger partial charge < -0.3 is 19.9 Å². The summed E-state index contributed by atoms with van der Waals surface area (Å²) in [5.74, 6) is -6.35. The Hall–Kier alpha value is -2.57. The minimum atomic E-state index is -3.01. The molecule has 0 spiro atoms. The Bertz CT molecular complexity index is 829. The first-order valence-corrected chi connectivity index (χ1v) is 10.9. The number of carbonyl (C=O) groups is 4. The van der Waals surface area contributed by atoms with Crippen molar-refractivity contribution in [3.63, 3.8) is 0 Å². The summed E-state index contributed by atoms with van der Waals surface area (Å²) in [6.45, 7) is 0.0920. The predicted octanol–water partition coefficient (Wildman–Crippen LogP) is 0.715. The van der Waals surface area contributed by atoms with E-state index in [1.807, 2.05) is 0 Å². The van der Waals surface area contributed by atoms with Crippen LogP contribution in [0.4, 0.5) is 8.78 Å². The molecule has 8 nitrogen and oxygen atoms in total. The molecule has 0 aromatic rings. The molecule has 4 rings (SSSR count). The topological polar surface area (TPSA) is 111 Å². The molecule has 4 fully saturated rings. The lowest BCUT2D eigenvalue weighted by Gasteiger charge is -2.33.